The van der Waals surface area contributed by atoms with E-state index in [-0.39, 0.29) is 20.2 Å². The van der Waals surface area contributed by atoms with Gasteiger partial charge in [0.15, 0.2) is 0 Å². The van der Waals surface area contributed by atoms with Gasteiger partial charge in [0.05, 0.1) is 0 Å². The maximum atomic E-state index is 5.04. The van der Waals surface area contributed by atoms with E-state index in [2.05, 4.69) is 112 Å². The van der Waals surface area contributed by atoms with Crippen LogP contribution in [0.25, 0.3) is 0 Å². The van der Waals surface area contributed by atoms with Gasteiger partial charge in [-0.15, -0.1) is 0 Å². The van der Waals surface area contributed by atoms with Crippen LogP contribution >= 0.6 is 0 Å². The molecule has 0 spiro atoms. The predicted molar refractivity (Wildman–Crippen MR) is 128 cm³/mol. The Labute approximate surface area is 177 Å². The molecule has 27 heavy (non-hydrogen) atoms. The van der Waals surface area contributed by atoms with E-state index in [0.29, 0.717) is 0 Å². The first-order chi connectivity index (χ1) is 11.5. The van der Waals surface area contributed by atoms with Crippen LogP contribution in [0.1, 0.15) is 83.1 Å². The quantitative estimate of drug-likeness (QED) is 0.347. The summed E-state index contributed by atoms with van der Waals surface area (Å²) in [5.74, 6) is 0. The minimum absolute atomic E-state index is 0.232. The average Bonchev–Trinajstić information content (AvgIpc) is 2.67. The van der Waals surface area contributed by atoms with Gasteiger partial charge in [-0.1, -0.05) is 0 Å². The van der Waals surface area contributed by atoms with Gasteiger partial charge in [-0.25, -0.2) is 0 Å². The fourth-order valence-corrected chi connectivity index (χ4v) is 49.0. The van der Waals surface area contributed by atoms with Crippen molar-refractivity contribution in [3.8, 4) is 0 Å². The van der Waals surface area contributed by atoms with Gasteiger partial charge < -0.3 is 0 Å². The van der Waals surface area contributed by atoms with Crippen LogP contribution < -0.4 is 0 Å². The second kappa shape index (κ2) is 6.72. The third-order valence-electron chi connectivity index (χ3n) is 7.94. The molecule has 0 fully saturated rings. The Kier molecular flexibility index (Phi) is 6.34. The molecule has 160 valence electrons. The van der Waals surface area contributed by atoms with Crippen LogP contribution in [-0.4, -0.2) is 41.2 Å². The van der Waals surface area contributed by atoms with Gasteiger partial charge in [0.2, 0.25) is 0 Å². The Hall–Kier alpha value is 0.432. The van der Waals surface area contributed by atoms with Crippen molar-refractivity contribution < 1.29 is 0 Å². The van der Waals surface area contributed by atoms with Crippen molar-refractivity contribution in [1.29, 1.82) is 0 Å². The average molecular weight is 520 g/mol. The summed E-state index contributed by atoms with van der Waals surface area (Å²) in [4.78, 5) is 5.11. The summed E-state index contributed by atoms with van der Waals surface area (Å²) < 4.78 is 5.34. The summed E-state index contributed by atoms with van der Waals surface area (Å²) in [6.07, 6.45) is 0. The Morgan fingerprint density at radius 2 is 0.704 bits per heavy atom. The molecule has 7 heteroatoms. The molecule has 0 bridgehead atoms. The van der Waals surface area contributed by atoms with Crippen LogP contribution in [0.2, 0.25) is 43.1 Å². The SMILES string of the molecule is CC(C)(C)[Si](C)([N]1N=N[N]([Si](C)(C(C)(C)C)C(C)(C)C)[Sn]1([CH3])[CH3])C(C)(C)C. The third kappa shape index (κ3) is 3.69. The zero-order chi connectivity index (χ0) is 22.1. The molecule has 0 aromatic heterocycles. The van der Waals surface area contributed by atoms with Crippen molar-refractivity contribution in [2.75, 3.05) is 0 Å². The van der Waals surface area contributed by atoms with Crippen molar-refractivity contribution in [1.82, 2.24) is 5.79 Å². The molecule has 0 saturated carbocycles. The summed E-state index contributed by atoms with van der Waals surface area (Å²) in [6, 6.07) is 0. The molecule has 0 atom stereocenters. The van der Waals surface area contributed by atoms with Crippen molar-refractivity contribution in [3.05, 3.63) is 0 Å². The van der Waals surface area contributed by atoms with Crippen LogP contribution in [0.5, 0.6) is 0 Å². The van der Waals surface area contributed by atoms with Gasteiger partial charge in [0, 0.05) is 0 Å². The molecule has 0 aromatic rings. The predicted octanol–water partition coefficient (Wildman–Crippen LogP) is 7.94. The van der Waals surface area contributed by atoms with E-state index in [0.717, 1.165) is 0 Å². The summed E-state index contributed by atoms with van der Waals surface area (Å²) >= 11 is -2.99. The third-order valence-corrected chi connectivity index (χ3v) is 42.9. The first-order valence-corrected chi connectivity index (χ1v) is 23.6. The van der Waals surface area contributed by atoms with Gasteiger partial charge in [0.1, 0.15) is 0 Å². The van der Waals surface area contributed by atoms with Crippen LogP contribution in [0, 0.1) is 0 Å². The van der Waals surface area contributed by atoms with Crippen LogP contribution in [0.3, 0.4) is 0 Å². The summed E-state index contributed by atoms with van der Waals surface area (Å²) in [6.45, 7) is 34.2. The molecule has 0 saturated heterocycles. The van der Waals surface area contributed by atoms with Gasteiger partial charge >= 0.3 is 178 Å². The molecule has 0 aromatic carbocycles. The summed E-state index contributed by atoms with van der Waals surface area (Å²) in [7, 11) is -3.89. The van der Waals surface area contributed by atoms with Gasteiger partial charge in [0.25, 0.3) is 0 Å². The molecule has 0 aliphatic carbocycles. The molecule has 1 aliphatic heterocycles. The van der Waals surface area contributed by atoms with E-state index in [1.807, 2.05) is 0 Å². The van der Waals surface area contributed by atoms with Crippen molar-refractivity contribution in [2.24, 2.45) is 10.4 Å². The van der Waals surface area contributed by atoms with E-state index < -0.39 is 35.4 Å². The molecular formula is C20H48N4Si2Sn. The standard InChI is InChI=1S/C18H42N4Si2.2CH3.Sn/c1-15(2,3)23(13,16(4,5)6)21-19-20-22-24(14,17(7,8)9)18(10,11)12;;;/h1-14H3;2*1H3;/q-2;;;+2. The maximum absolute atomic E-state index is 5.04. The molecule has 4 nitrogen and oxygen atoms in total. The number of hydrogen-bond donors (Lipinski definition) is 0. The van der Waals surface area contributed by atoms with Crippen LogP contribution in [0.15, 0.2) is 10.4 Å². The summed E-state index contributed by atoms with van der Waals surface area (Å²) in [5, 5.41) is 11.0. The van der Waals surface area contributed by atoms with Crippen molar-refractivity contribution in [2.45, 2.75) is 126 Å². The zero-order valence-electron chi connectivity index (χ0n) is 21.3. The number of rotatable bonds is 2. The first-order valence-electron chi connectivity index (χ1n) is 10.5. The molecule has 1 heterocycles. The molecule has 1 aliphatic rings. The van der Waals surface area contributed by atoms with E-state index in [1.54, 1.807) is 0 Å². The molecular weight excluding hydrogens is 471 g/mol. The Balaban J connectivity index is 3.67. The first kappa shape index (κ1) is 25.5. The molecule has 0 radical (unpaired) electrons. The number of hydrogen-bond acceptors (Lipinski definition) is 4. The Morgan fingerprint density at radius 3 is 0.852 bits per heavy atom. The molecule has 0 unspecified atom stereocenters. The second-order valence-corrected chi connectivity index (χ2v) is 38.1. The second-order valence-electron chi connectivity index (χ2n) is 13.4. The Bertz CT molecular complexity index is 511. The van der Waals surface area contributed by atoms with Crippen molar-refractivity contribution in [3.63, 3.8) is 0 Å². The molecule has 0 amide bonds. The number of nitrogens with zero attached hydrogens (tertiary/aromatic N) is 4. The zero-order valence-corrected chi connectivity index (χ0v) is 26.1. The minimum atomic E-state index is -2.99. The van der Waals surface area contributed by atoms with Crippen molar-refractivity contribution >= 4 is 35.4 Å². The van der Waals surface area contributed by atoms with Crippen LogP contribution in [-0.2, 0) is 0 Å². The fourth-order valence-electron chi connectivity index (χ4n) is 5.18. The fraction of sp³-hybridized carbons (Fsp3) is 1.00. The Morgan fingerprint density at radius 1 is 0.519 bits per heavy atom. The molecule has 0 N–H and O–H groups in total. The monoisotopic (exact) mass is 520 g/mol. The van der Waals surface area contributed by atoms with E-state index >= 15 is 0 Å². The van der Waals surface area contributed by atoms with Gasteiger partial charge in [-0.2, -0.15) is 0 Å². The van der Waals surface area contributed by atoms with E-state index in [4.69, 9.17) is 10.4 Å². The van der Waals surface area contributed by atoms with Crippen LogP contribution in [0.4, 0.5) is 0 Å². The van der Waals surface area contributed by atoms with Gasteiger partial charge in [-0.05, 0) is 0 Å². The van der Waals surface area contributed by atoms with E-state index in [1.165, 1.54) is 0 Å². The normalized spacial score (nSPS) is 19.9. The van der Waals surface area contributed by atoms with E-state index in [9.17, 15) is 0 Å². The summed E-state index contributed by atoms with van der Waals surface area (Å²) in [5.41, 5.74) is 0. The molecule has 1 rings (SSSR count). The topological polar surface area (TPSA) is 31.2 Å². The van der Waals surface area contributed by atoms with Gasteiger partial charge in [-0.3, -0.25) is 0 Å².